The van der Waals surface area contributed by atoms with Crippen LogP contribution in [0.15, 0.2) is 42.5 Å². The monoisotopic (exact) mass is 359 g/mol. The zero-order chi connectivity index (χ0) is 17.8. The molecule has 3 rings (SSSR count). The Labute approximate surface area is 152 Å². The molecule has 3 N–H and O–H groups in total. The van der Waals surface area contributed by atoms with E-state index in [-0.39, 0.29) is 12.6 Å². The molecule has 0 aliphatic carbocycles. The normalized spacial score (nSPS) is 14.1. The number of nitrogens with zero attached hydrogens (tertiary/aromatic N) is 1. The molecule has 0 spiro atoms. The lowest BCUT2D eigenvalue weighted by molar-refractivity contribution is 0.173. The van der Waals surface area contributed by atoms with Gasteiger partial charge in [0.25, 0.3) is 0 Å². The molecule has 25 heavy (non-hydrogen) atoms. The van der Waals surface area contributed by atoms with E-state index in [0.717, 1.165) is 24.1 Å². The van der Waals surface area contributed by atoms with Gasteiger partial charge in [0.05, 0.1) is 6.10 Å². The minimum atomic E-state index is -0.725. The van der Waals surface area contributed by atoms with Crippen molar-refractivity contribution in [3.63, 3.8) is 0 Å². The lowest BCUT2D eigenvalue weighted by Crippen LogP contribution is -2.37. The van der Waals surface area contributed by atoms with Gasteiger partial charge in [0, 0.05) is 37.4 Å². The SMILES string of the molecule is CN1CCc2cc(C(O)CNC(=O)NCc3ccc(Cl)cc3)ccc21. The Bertz CT molecular complexity index is 749. The van der Waals surface area contributed by atoms with Crippen molar-refractivity contribution in [3.05, 3.63) is 64.2 Å². The van der Waals surface area contributed by atoms with Crippen LogP contribution in [0.3, 0.4) is 0 Å². The highest BCUT2D eigenvalue weighted by Crippen LogP contribution is 2.29. The number of likely N-dealkylation sites (N-methyl/N-ethyl adjacent to an activating group) is 1. The maximum atomic E-state index is 11.9. The van der Waals surface area contributed by atoms with E-state index >= 15 is 0 Å². The highest BCUT2D eigenvalue weighted by molar-refractivity contribution is 6.30. The first-order valence-electron chi connectivity index (χ1n) is 8.31. The lowest BCUT2D eigenvalue weighted by Gasteiger charge is -2.16. The average Bonchev–Trinajstić information content (AvgIpc) is 2.99. The van der Waals surface area contributed by atoms with Gasteiger partial charge in [0.1, 0.15) is 0 Å². The number of aliphatic hydroxyl groups is 1. The van der Waals surface area contributed by atoms with Gasteiger partial charge < -0.3 is 20.6 Å². The number of nitrogens with one attached hydrogen (secondary N) is 2. The number of hydrogen-bond donors (Lipinski definition) is 3. The second-order valence-corrected chi connectivity index (χ2v) is 6.70. The summed E-state index contributed by atoms with van der Waals surface area (Å²) in [6, 6.07) is 12.9. The van der Waals surface area contributed by atoms with Gasteiger partial charge in [-0.2, -0.15) is 0 Å². The topological polar surface area (TPSA) is 64.6 Å². The maximum Gasteiger partial charge on any atom is 0.315 e. The molecule has 132 valence electrons. The number of carbonyl (C=O) groups is 1. The number of aliphatic hydroxyl groups excluding tert-OH is 1. The maximum absolute atomic E-state index is 11.9. The highest BCUT2D eigenvalue weighted by atomic mass is 35.5. The standard InChI is InChI=1S/C19H22ClN3O2/c1-23-9-8-14-10-15(4-7-17(14)23)18(24)12-22-19(25)21-11-13-2-5-16(20)6-3-13/h2-7,10,18,24H,8-9,11-12H2,1H3,(H2,21,22,25). The number of halogens is 1. The third-order valence-corrected chi connectivity index (χ3v) is 4.69. The molecule has 0 fully saturated rings. The van der Waals surface area contributed by atoms with Crippen LogP contribution in [-0.2, 0) is 13.0 Å². The summed E-state index contributed by atoms with van der Waals surface area (Å²) in [6.45, 7) is 1.57. The van der Waals surface area contributed by atoms with Crippen molar-refractivity contribution in [2.75, 3.05) is 25.0 Å². The fourth-order valence-corrected chi connectivity index (χ4v) is 3.07. The van der Waals surface area contributed by atoms with Gasteiger partial charge in [-0.15, -0.1) is 0 Å². The van der Waals surface area contributed by atoms with E-state index in [1.165, 1.54) is 11.3 Å². The van der Waals surface area contributed by atoms with Crippen molar-refractivity contribution in [2.24, 2.45) is 0 Å². The van der Waals surface area contributed by atoms with E-state index in [0.29, 0.717) is 11.6 Å². The van der Waals surface area contributed by atoms with E-state index in [2.05, 4.69) is 22.6 Å². The van der Waals surface area contributed by atoms with Crippen LogP contribution in [0.25, 0.3) is 0 Å². The van der Waals surface area contributed by atoms with Crippen molar-refractivity contribution in [1.82, 2.24) is 10.6 Å². The first-order chi connectivity index (χ1) is 12.0. The minimum absolute atomic E-state index is 0.168. The molecule has 1 heterocycles. The van der Waals surface area contributed by atoms with Crippen LogP contribution in [0.2, 0.25) is 5.02 Å². The van der Waals surface area contributed by atoms with Crippen LogP contribution in [0.5, 0.6) is 0 Å². The number of anilines is 1. The second kappa shape index (κ2) is 7.76. The first kappa shape index (κ1) is 17.6. The van der Waals surface area contributed by atoms with Gasteiger partial charge in [-0.25, -0.2) is 4.79 Å². The largest absolute Gasteiger partial charge is 0.387 e. The molecule has 0 radical (unpaired) electrons. The molecule has 1 aliphatic heterocycles. The zero-order valence-corrected chi connectivity index (χ0v) is 14.9. The molecular formula is C19H22ClN3O2. The Kier molecular flexibility index (Phi) is 5.46. The Morgan fingerprint density at radius 2 is 2.00 bits per heavy atom. The molecule has 1 aliphatic rings. The third-order valence-electron chi connectivity index (χ3n) is 4.44. The second-order valence-electron chi connectivity index (χ2n) is 6.27. The Balaban J connectivity index is 1.47. The predicted octanol–water partition coefficient (Wildman–Crippen LogP) is 2.87. The molecule has 6 heteroatoms. The van der Waals surface area contributed by atoms with Crippen molar-refractivity contribution < 1.29 is 9.90 Å². The van der Waals surface area contributed by atoms with E-state index in [4.69, 9.17) is 11.6 Å². The lowest BCUT2D eigenvalue weighted by atomic mass is 10.0. The molecule has 0 bridgehead atoms. The molecule has 2 amide bonds. The van der Waals surface area contributed by atoms with Gasteiger partial charge in [-0.05, 0) is 41.3 Å². The van der Waals surface area contributed by atoms with Crippen molar-refractivity contribution in [1.29, 1.82) is 0 Å². The summed E-state index contributed by atoms with van der Waals surface area (Å²) >= 11 is 5.83. The fraction of sp³-hybridized carbons (Fsp3) is 0.316. The smallest absolute Gasteiger partial charge is 0.315 e. The average molecular weight is 360 g/mol. The van der Waals surface area contributed by atoms with Crippen LogP contribution in [-0.4, -0.2) is 31.3 Å². The van der Waals surface area contributed by atoms with Crippen LogP contribution >= 0.6 is 11.6 Å². The number of fused-ring (bicyclic) bond motifs is 1. The number of amides is 2. The molecule has 1 atom stereocenters. The molecular weight excluding hydrogens is 338 g/mol. The third kappa shape index (κ3) is 4.44. The van der Waals surface area contributed by atoms with Crippen LogP contribution in [0, 0.1) is 0 Å². The van der Waals surface area contributed by atoms with Crippen LogP contribution < -0.4 is 15.5 Å². The molecule has 1 unspecified atom stereocenters. The van der Waals surface area contributed by atoms with E-state index in [9.17, 15) is 9.90 Å². The quantitative estimate of drug-likeness (QED) is 0.769. The number of hydrogen-bond acceptors (Lipinski definition) is 3. The van der Waals surface area contributed by atoms with Gasteiger partial charge in [-0.3, -0.25) is 0 Å². The van der Waals surface area contributed by atoms with Gasteiger partial charge in [-0.1, -0.05) is 35.9 Å². The minimum Gasteiger partial charge on any atom is -0.387 e. The van der Waals surface area contributed by atoms with E-state index in [1.807, 2.05) is 30.3 Å². The summed E-state index contributed by atoms with van der Waals surface area (Å²) in [7, 11) is 2.06. The van der Waals surface area contributed by atoms with Crippen molar-refractivity contribution >= 4 is 23.3 Å². The van der Waals surface area contributed by atoms with Gasteiger partial charge >= 0.3 is 6.03 Å². The molecule has 2 aromatic rings. The molecule has 0 saturated carbocycles. The van der Waals surface area contributed by atoms with Gasteiger partial charge in [0.2, 0.25) is 0 Å². The number of urea groups is 1. The summed E-state index contributed by atoms with van der Waals surface area (Å²) in [5, 5.41) is 16.4. The molecule has 0 saturated heterocycles. The molecule has 0 aromatic heterocycles. The predicted molar refractivity (Wildman–Crippen MR) is 100 cm³/mol. The summed E-state index contributed by atoms with van der Waals surface area (Å²) in [5.74, 6) is 0. The van der Waals surface area contributed by atoms with Crippen molar-refractivity contribution in [3.8, 4) is 0 Å². The summed E-state index contributed by atoms with van der Waals surface area (Å²) in [5.41, 5.74) is 4.24. The Morgan fingerprint density at radius 3 is 2.76 bits per heavy atom. The van der Waals surface area contributed by atoms with Crippen LogP contribution in [0.1, 0.15) is 22.8 Å². The summed E-state index contributed by atoms with van der Waals surface area (Å²) < 4.78 is 0. The fourth-order valence-electron chi connectivity index (χ4n) is 2.95. The zero-order valence-electron chi connectivity index (χ0n) is 14.1. The summed E-state index contributed by atoms with van der Waals surface area (Å²) in [6.07, 6.45) is 0.263. The first-order valence-corrected chi connectivity index (χ1v) is 8.69. The Morgan fingerprint density at radius 1 is 1.24 bits per heavy atom. The highest BCUT2D eigenvalue weighted by Gasteiger charge is 2.18. The van der Waals surface area contributed by atoms with Crippen molar-refractivity contribution in [2.45, 2.75) is 19.1 Å². The van der Waals surface area contributed by atoms with E-state index < -0.39 is 6.10 Å². The van der Waals surface area contributed by atoms with Crippen LogP contribution in [0.4, 0.5) is 10.5 Å². The number of rotatable bonds is 5. The number of carbonyl (C=O) groups excluding carboxylic acids is 1. The molecule has 2 aromatic carbocycles. The number of benzene rings is 2. The summed E-state index contributed by atoms with van der Waals surface area (Å²) in [4.78, 5) is 14.1. The van der Waals surface area contributed by atoms with Gasteiger partial charge in [0.15, 0.2) is 0 Å². The Hall–Kier alpha value is -2.24. The van der Waals surface area contributed by atoms with E-state index in [1.54, 1.807) is 12.1 Å². The molecule has 5 nitrogen and oxygen atoms in total.